The van der Waals surface area contributed by atoms with E-state index in [1.165, 1.54) is 7.11 Å². The molecule has 0 spiro atoms. The van der Waals surface area contributed by atoms with E-state index < -0.39 is 18.1 Å². The molecule has 0 aliphatic heterocycles. The molecule has 6 heteroatoms. The Kier molecular flexibility index (Phi) is 7.05. The van der Waals surface area contributed by atoms with E-state index in [4.69, 9.17) is 9.47 Å². The number of nitrogens with one attached hydrogen (secondary N) is 1. The normalized spacial score (nSPS) is 11.4. The van der Waals surface area contributed by atoms with E-state index in [1.807, 2.05) is 54.6 Å². The molecule has 0 aliphatic carbocycles. The van der Waals surface area contributed by atoms with Gasteiger partial charge in [-0.3, -0.25) is 0 Å². The molecule has 0 radical (unpaired) electrons. The van der Waals surface area contributed by atoms with Gasteiger partial charge in [0.05, 0.1) is 7.11 Å². The third-order valence-corrected chi connectivity index (χ3v) is 4.42. The van der Waals surface area contributed by atoms with Crippen LogP contribution in [0.15, 0.2) is 54.6 Å². The lowest BCUT2D eigenvalue weighted by molar-refractivity contribution is -0.143. The summed E-state index contributed by atoms with van der Waals surface area (Å²) in [6.07, 6.45) is -0.313. The summed E-state index contributed by atoms with van der Waals surface area (Å²) in [6.45, 7) is 0.142. The van der Waals surface area contributed by atoms with Gasteiger partial charge in [0.25, 0.3) is 0 Å². The number of ether oxygens (including phenoxy) is 2. The van der Waals surface area contributed by atoms with Crippen LogP contribution in [0.2, 0.25) is 0 Å². The molecule has 24 heavy (non-hydrogen) atoms. The molecule has 0 saturated heterocycles. The predicted molar refractivity (Wildman–Crippen MR) is 98.4 cm³/mol. The van der Waals surface area contributed by atoms with Gasteiger partial charge in [-0.1, -0.05) is 48.5 Å². The zero-order valence-corrected chi connectivity index (χ0v) is 15.4. The van der Waals surface area contributed by atoms with Gasteiger partial charge in [-0.05, 0) is 39.8 Å². The van der Waals surface area contributed by atoms with Crippen molar-refractivity contribution in [3.8, 4) is 0 Å². The molecule has 2 aromatic rings. The van der Waals surface area contributed by atoms with Crippen molar-refractivity contribution in [3.63, 3.8) is 0 Å². The minimum absolute atomic E-state index is 0.142. The SMILES string of the molecule is COC(=O)C(Cc1ccccc1I)NC(=O)OCc1ccccc1. The first-order valence-corrected chi connectivity index (χ1v) is 8.46. The van der Waals surface area contributed by atoms with Crippen LogP contribution in [0.3, 0.4) is 0 Å². The summed E-state index contributed by atoms with van der Waals surface area (Å²) >= 11 is 2.19. The molecule has 0 fully saturated rings. The molecule has 0 heterocycles. The number of halogens is 1. The van der Waals surface area contributed by atoms with Crippen molar-refractivity contribution in [1.29, 1.82) is 0 Å². The number of carbonyl (C=O) groups excluding carboxylic acids is 2. The van der Waals surface area contributed by atoms with Gasteiger partial charge >= 0.3 is 12.1 Å². The van der Waals surface area contributed by atoms with Gasteiger partial charge in [-0.2, -0.15) is 0 Å². The zero-order chi connectivity index (χ0) is 17.4. The number of hydrogen-bond acceptors (Lipinski definition) is 4. The van der Waals surface area contributed by atoms with Crippen molar-refractivity contribution in [2.45, 2.75) is 19.1 Å². The summed E-state index contributed by atoms with van der Waals surface area (Å²) in [5.74, 6) is -0.508. The van der Waals surface area contributed by atoms with Gasteiger partial charge < -0.3 is 14.8 Å². The maximum atomic E-state index is 12.0. The number of benzene rings is 2. The molecule has 1 unspecified atom stereocenters. The second-order valence-corrected chi connectivity index (χ2v) is 6.24. The summed E-state index contributed by atoms with van der Waals surface area (Å²) in [5.41, 5.74) is 1.83. The van der Waals surface area contributed by atoms with Crippen LogP contribution in [-0.4, -0.2) is 25.2 Å². The van der Waals surface area contributed by atoms with Crippen LogP contribution in [0.25, 0.3) is 0 Å². The number of rotatable bonds is 6. The molecule has 0 bridgehead atoms. The first-order chi connectivity index (χ1) is 11.6. The minimum atomic E-state index is -0.797. The molecule has 0 aromatic heterocycles. The van der Waals surface area contributed by atoms with E-state index in [2.05, 4.69) is 27.9 Å². The quantitative estimate of drug-likeness (QED) is 0.555. The molecule has 2 rings (SSSR count). The fourth-order valence-electron chi connectivity index (χ4n) is 2.13. The molecule has 1 N–H and O–H groups in total. The lowest BCUT2D eigenvalue weighted by Crippen LogP contribution is -2.43. The van der Waals surface area contributed by atoms with Gasteiger partial charge in [-0.15, -0.1) is 0 Å². The average molecular weight is 439 g/mol. The lowest BCUT2D eigenvalue weighted by Gasteiger charge is -2.17. The second kappa shape index (κ2) is 9.27. The number of hydrogen-bond donors (Lipinski definition) is 1. The summed E-state index contributed by atoms with van der Waals surface area (Å²) in [6, 6.07) is 16.2. The van der Waals surface area contributed by atoms with Crippen LogP contribution < -0.4 is 5.32 Å². The number of amides is 1. The molecule has 2 aromatic carbocycles. The summed E-state index contributed by atoms with van der Waals surface area (Å²) < 4.78 is 11.0. The van der Waals surface area contributed by atoms with Crippen LogP contribution >= 0.6 is 22.6 Å². The van der Waals surface area contributed by atoms with Gasteiger partial charge in [0, 0.05) is 9.99 Å². The maximum absolute atomic E-state index is 12.0. The third-order valence-electron chi connectivity index (χ3n) is 3.37. The van der Waals surface area contributed by atoms with Crippen LogP contribution in [0.5, 0.6) is 0 Å². The van der Waals surface area contributed by atoms with Crippen molar-refractivity contribution in [3.05, 3.63) is 69.3 Å². The zero-order valence-electron chi connectivity index (χ0n) is 13.2. The Morgan fingerprint density at radius 2 is 1.75 bits per heavy atom. The molecule has 126 valence electrons. The molecular formula is C18H18INO4. The fourth-order valence-corrected chi connectivity index (χ4v) is 2.73. The largest absolute Gasteiger partial charge is 0.467 e. The van der Waals surface area contributed by atoms with Crippen molar-refractivity contribution in [2.75, 3.05) is 7.11 Å². The topological polar surface area (TPSA) is 64.6 Å². The monoisotopic (exact) mass is 439 g/mol. The van der Waals surface area contributed by atoms with Crippen LogP contribution in [0.1, 0.15) is 11.1 Å². The second-order valence-electron chi connectivity index (χ2n) is 5.08. The van der Waals surface area contributed by atoms with Crippen molar-refractivity contribution in [1.82, 2.24) is 5.32 Å². The fraction of sp³-hybridized carbons (Fsp3) is 0.222. The summed E-state index contributed by atoms with van der Waals surface area (Å²) in [4.78, 5) is 23.9. The highest BCUT2D eigenvalue weighted by Crippen LogP contribution is 2.14. The molecule has 1 atom stereocenters. The molecule has 1 amide bonds. The van der Waals surface area contributed by atoms with Crippen molar-refractivity contribution >= 4 is 34.7 Å². The Morgan fingerprint density at radius 1 is 1.08 bits per heavy atom. The highest BCUT2D eigenvalue weighted by atomic mass is 127. The Bertz CT molecular complexity index is 690. The van der Waals surface area contributed by atoms with Gasteiger partial charge in [0.2, 0.25) is 0 Å². The van der Waals surface area contributed by atoms with Crippen LogP contribution in [-0.2, 0) is 27.3 Å². The average Bonchev–Trinajstić information content (AvgIpc) is 2.61. The lowest BCUT2D eigenvalue weighted by atomic mass is 10.1. The third kappa shape index (κ3) is 5.52. The standard InChI is InChI=1S/C18H18INO4/c1-23-17(21)16(11-14-9-5-6-10-15(14)19)20-18(22)24-12-13-7-3-2-4-8-13/h2-10,16H,11-12H2,1H3,(H,20,22). The number of carbonyl (C=O) groups is 2. The number of esters is 1. The van der Waals surface area contributed by atoms with Gasteiger partial charge in [0.15, 0.2) is 0 Å². The highest BCUT2D eigenvalue weighted by Gasteiger charge is 2.23. The molecule has 0 aliphatic rings. The van der Waals surface area contributed by atoms with E-state index >= 15 is 0 Å². The molecule has 5 nitrogen and oxygen atoms in total. The predicted octanol–water partition coefficient (Wildman–Crippen LogP) is 3.30. The Labute approximate surface area is 154 Å². The summed E-state index contributed by atoms with van der Waals surface area (Å²) in [5, 5.41) is 2.57. The van der Waals surface area contributed by atoms with E-state index in [1.54, 1.807) is 0 Å². The van der Waals surface area contributed by atoms with Crippen molar-refractivity contribution in [2.24, 2.45) is 0 Å². The molecular weight excluding hydrogens is 421 g/mol. The van der Waals surface area contributed by atoms with Crippen LogP contribution in [0, 0.1) is 3.57 Å². The van der Waals surface area contributed by atoms with Gasteiger partial charge in [0.1, 0.15) is 12.6 Å². The smallest absolute Gasteiger partial charge is 0.408 e. The first-order valence-electron chi connectivity index (χ1n) is 7.38. The first kappa shape index (κ1) is 18.3. The highest BCUT2D eigenvalue weighted by molar-refractivity contribution is 14.1. The number of methoxy groups -OCH3 is 1. The van der Waals surface area contributed by atoms with E-state index in [-0.39, 0.29) is 6.61 Å². The Morgan fingerprint density at radius 3 is 2.42 bits per heavy atom. The summed E-state index contributed by atoms with van der Waals surface area (Å²) in [7, 11) is 1.29. The van der Waals surface area contributed by atoms with E-state index in [0.29, 0.717) is 6.42 Å². The Balaban J connectivity index is 1.97. The Hall–Kier alpha value is -2.09. The van der Waals surface area contributed by atoms with E-state index in [0.717, 1.165) is 14.7 Å². The van der Waals surface area contributed by atoms with Crippen LogP contribution in [0.4, 0.5) is 4.79 Å². The van der Waals surface area contributed by atoms with E-state index in [9.17, 15) is 9.59 Å². The van der Waals surface area contributed by atoms with Crippen molar-refractivity contribution < 1.29 is 19.1 Å². The maximum Gasteiger partial charge on any atom is 0.408 e. The number of alkyl carbamates (subject to hydrolysis) is 1. The minimum Gasteiger partial charge on any atom is -0.467 e. The van der Waals surface area contributed by atoms with Gasteiger partial charge in [-0.25, -0.2) is 9.59 Å². The molecule has 0 saturated carbocycles.